The Morgan fingerprint density at radius 3 is 2.74 bits per heavy atom. The molecule has 19 heavy (non-hydrogen) atoms. The first-order chi connectivity index (χ1) is 9.22. The highest BCUT2D eigenvalue weighted by Crippen LogP contribution is 2.22. The number of carbonyl (C=O) groups is 1. The maximum absolute atomic E-state index is 10.6. The summed E-state index contributed by atoms with van der Waals surface area (Å²) in [7, 11) is 0. The number of hydrogen-bond donors (Lipinski definition) is 1. The number of carboxylic acid groups (broad SMARTS) is 1. The Balaban J connectivity index is 1.99. The minimum atomic E-state index is -0.992. The van der Waals surface area contributed by atoms with Crippen LogP contribution in [0.2, 0.25) is 0 Å². The molecule has 0 saturated carbocycles. The molecule has 0 aliphatic rings. The van der Waals surface area contributed by atoms with Gasteiger partial charge in [-0.25, -0.2) is 0 Å². The van der Waals surface area contributed by atoms with Crippen LogP contribution in [-0.2, 0) is 11.2 Å². The van der Waals surface area contributed by atoms with Gasteiger partial charge in [0, 0.05) is 5.56 Å². The van der Waals surface area contributed by atoms with Gasteiger partial charge in [-0.3, -0.25) is 4.79 Å². The first-order valence-electron chi connectivity index (χ1n) is 5.76. The number of benzene rings is 2. The molecular weight excluding hydrogens is 244 g/mol. The maximum Gasteiger partial charge on any atom is 0.312 e. The van der Waals surface area contributed by atoms with Crippen LogP contribution in [0.25, 0.3) is 22.2 Å². The van der Waals surface area contributed by atoms with Crippen molar-refractivity contribution >= 4 is 16.7 Å². The van der Waals surface area contributed by atoms with Crippen LogP contribution in [0.5, 0.6) is 0 Å². The van der Waals surface area contributed by atoms with Crippen LogP contribution < -0.4 is 0 Å². The van der Waals surface area contributed by atoms with Crippen LogP contribution in [0.4, 0.5) is 0 Å². The molecule has 0 bridgehead atoms. The largest absolute Gasteiger partial charge is 0.481 e. The number of aliphatic carboxylic acids is 1. The van der Waals surface area contributed by atoms with Crippen molar-refractivity contribution in [2.24, 2.45) is 0 Å². The molecule has 3 rings (SSSR count). The fourth-order valence-electron chi connectivity index (χ4n) is 1.90. The van der Waals surface area contributed by atoms with Gasteiger partial charge in [0.05, 0.1) is 0 Å². The van der Waals surface area contributed by atoms with Crippen molar-refractivity contribution in [2.75, 3.05) is 0 Å². The summed E-state index contributed by atoms with van der Waals surface area (Å²) in [6.07, 6.45) is -0.263. The molecule has 3 aromatic rings. The molecule has 0 atom stereocenters. The van der Waals surface area contributed by atoms with Crippen molar-refractivity contribution < 1.29 is 14.4 Å². The van der Waals surface area contributed by atoms with Crippen LogP contribution in [0.1, 0.15) is 5.89 Å². The van der Waals surface area contributed by atoms with E-state index in [-0.39, 0.29) is 12.3 Å². The van der Waals surface area contributed by atoms with Gasteiger partial charge in [-0.15, -0.1) is 0 Å². The molecule has 1 N–H and O–H groups in total. The van der Waals surface area contributed by atoms with Crippen LogP contribution >= 0.6 is 0 Å². The molecule has 0 aliphatic heterocycles. The molecule has 1 heterocycles. The average molecular weight is 254 g/mol. The van der Waals surface area contributed by atoms with E-state index in [2.05, 4.69) is 10.1 Å². The average Bonchev–Trinajstić information content (AvgIpc) is 2.86. The van der Waals surface area contributed by atoms with Crippen molar-refractivity contribution in [3.8, 4) is 11.4 Å². The maximum atomic E-state index is 10.6. The predicted octanol–water partition coefficient (Wildman–Crippen LogP) is 2.52. The number of rotatable bonds is 3. The van der Waals surface area contributed by atoms with Gasteiger partial charge in [0.15, 0.2) is 0 Å². The fourth-order valence-corrected chi connectivity index (χ4v) is 1.90. The Kier molecular flexibility index (Phi) is 2.72. The van der Waals surface area contributed by atoms with E-state index in [1.54, 1.807) is 0 Å². The molecule has 0 fully saturated rings. The molecule has 0 saturated heterocycles. The van der Waals surface area contributed by atoms with Gasteiger partial charge in [0.2, 0.25) is 11.7 Å². The van der Waals surface area contributed by atoms with Gasteiger partial charge in [-0.1, -0.05) is 41.6 Å². The van der Waals surface area contributed by atoms with E-state index in [1.165, 1.54) is 0 Å². The van der Waals surface area contributed by atoms with Crippen LogP contribution in [0.15, 0.2) is 47.0 Å². The van der Waals surface area contributed by atoms with Gasteiger partial charge >= 0.3 is 5.97 Å². The van der Waals surface area contributed by atoms with Crippen molar-refractivity contribution in [3.05, 3.63) is 48.4 Å². The van der Waals surface area contributed by atoms with Gasteiger partial charge in [-0.2, -0.15) is 4.98 Å². The number of aromatic nitrogens is 2. The zero-order chi connectivity index (χ0) is 13.2. The summed E-state index contributed by atoms with van der Waals surface area (Å²) in [5.41, 5.74) is 0.805. The Labute approximate surface area is 108 Å². The first kappa shape index (κ1) is 11.4. The number of carboxylic acids is 1. The normalized spacial score (nSPS) is 10.7. The van der Waals surface area contributed by atoms with E-state index < -0.39 is 5.97 Å². The van der Waals surface area contributed by atoms with Crippen molar-refractivity contribution in [3.63, 3.8) is 0 Å². The highest BCUT2D eigenvalue weighted by Gasteiger charge is 2.11. The third-order valence-electron chi connectivity index (χ3n) is 2.78. The standard InChI is InChI=1S/C14H10N2O3/c17-13(18)8-12-15-14(16-19-12)11-6-5-9-3-1-2-4-10(9)7-11/h1-7H,8H2,(H,17,18). The van der Waals surface area contributed by atoms with Crippen LogP contribution in [0, 0.1) is 0 Å². The molecule has 0 amide bonds. The summed E-state index contributed by atoms with van der Waals surface area (Å²) in [4.78, 5) is 14.6. The van der Waals surface area contributed by atoms with Crippen LogP contribution in [-0.4, -0.2) is 21.2 Å². The van der Waals surface area contributed by atoms with Gasteiger partial charge in [-0.05, 0) is 16.8 Å². The molecular formula is C14H10N2O3. The molecule has 1 aromatic heterocycles. The second kappa shape index (κ2) is 4.53. The minimum absolute atomic E-state index is 0.107. The molecule has 0 aliphatic carbocycles. The van der Waals surface area contributed by atoms with E-state index in [0.29, 0.717) is 5.82 Å². The van der Waals surface area contributed by atoms with E-state index in [4.69, 9.17) is 9.63 Å². The van der Waals surface area contributed by atoms with Crippen LogP contribution in [0.3, 0.4) is 0 Å². The van der Waals surface area contributed by atoms with Gasteiger partial charge < -0.3 is 9.63 Å². The smallest absolute Gasteiger partial charge is 0.312 e. The highest BCUT2D eigenvalue weighted by molar-refractivity contribution is 5.86. The second-order valence-electron chi connectivity index (χ2n) is 4.14. The molecule has 5 heteroatoms. The van der Waals surface area contributed by atoms with E-state index in [9.17, 15) is 4.79 Å². The summed E-state index contributed by atoms with van der Waals surface area (Å²) in [6.45, 7) is 0. The van der Waals surface area contributed by atoms with Gasteiger partial charge in [0.1, 0.15) is 6.42 Å². The topological polar surface area (TPSA) is 76.2 Å². The third kappa shape index (κ3) is 2.30. The summed E-state index contributed by atoms with van der Waals surface area (Å²) >= 11 is 0. The lowest BCUT2D eigenvalue weighted by atomic mass is 10.1. The Hall–Kier alpha value is -2.69. The molecule has 5 nitrogen and oxygen atoms in total. The molecule has 0 unspecified atom stereocenters. The zero-order valence-corrected chi connectivity index (χ0v) is 9.91. The van der Waals surface area contributed by atoms with E-state index >= 15 is 0 Å². The lowest BCUT2D eigenvalue weighted by molar-refractivity contribution is -0.136. The highest BCUT2D eigenvalue weighted by atomic mass is 16.5. The quantitative estimate of drug-likeness (QED) is 0.777. The minimum Gasteiger partial charge on any atom is -0.481 e. The number of fused-ring (bicyclic) bond motifs is 1. The van der Waals surface area contributed by atoms with E-state index in [0.717, 1.165) is 16.3 Å². The molecule has 94 valence electrons. The third-order valence-corrected chi connectivity index (χ3v) is 2.78. The molecule has 0 spiro atoms. The Morgan fingerprint density at radius 2 is 1.95 bits per heavy atom. The number of nitrogens with zero attached hydrogens (tertiary/aromatic N) is 2. The molecule has 0 radical (unpaired) electrons. The molecule has 2 aromatic carbocycles. The summed E-state index contributed by atoms with van der Waals surface area (Å²) in [5, 5.41) is 14.7. The lowest BCUT2D eigenvalue weighted by Gasteiger charge is -1.99. The van der Waals surface area contributed by atoms with Crippen molar-refractivity contribution in [1.29, 1.82) is 0 Å². The lowest BCUT2D eigenvalue weighted by Crippen LogP contribution is -1.99. The summed E-state index contributed by atoms with van der Waals surface area (Å²) in [5.74, 6) is -0.480. The van der Waals surface area contributed by atoms with Crippen molar-refractivity contribution in [2.45, 2.75) is 6.42 Å². The SMILES string of the molecule is O=C(O)Cc1nc(-c2ccc3ccccc3c2)no1. The monoisotopic (exact) mass is 254 g/mol. The van der Waals surface area contributed by atoms with Gasteiger partial charge in [0.25, 0.3) is 0 Å². The first-order valence-corrected chi connectivity index (χ1v) is 5.76. The summed E-state index contributed by atoms with van der Waals surface area (Å²) in [6, 6.07) is 13.8. The zero-order valence-electron chi connectivity index (χ0n) is 9.91. The number of hydrogen-bond acceptors (Lipinski definition) is 4. The fraction of sp³-hybridized carbons (Fsp3) is 0.0714. The Bertz CT molecular complexity index is 749. The second-order valence-corrected chi connectivity index (χ2v) is 4.14. The predicted molar refractivity (Wildman–Crippen MR) is 68.6 cm³/mol. The van der Waals surface area contributed by atoms with E-state index in [1.807, 2.05) is 42.5 Å². The van der Waals surface area contributed by atoms with Crippen molar-refractivity contribution in [1.82, 2.24) is 10.1 Å². The Morgan fingerprint density at radius 1 is 1.16 bits per heavy atom. The summed E-state index contributed by atoms with van der Waals surface area (Å²) < 4.78 is 4.90.